The Balaban J connectivity index is 1.51. The molecular formula is C21H34N4O. The Kier molecular flexibility index (Phi) is 6.78. The number of hydrogen-bond acceptors (Lipinski definition) is 3. The summed E-state index contributed by atoms with van der Waals surface area (Å²) in [5, 5.41) is 3.49. The zero-order valence-corrected chi connectivity index (χ0v) is 16.4. The van der Waals surface area contributed by atoms with Gasteiger partial charge in [-0.25, -0.2) is 0 Å². The second-order valence-electron chi connectivity index (χ2n) is 7.48. The Morgan fingerprint density at radius 2 is 2.12 bits per heavy atom. The molecule has 0 aliphatic carbocycles. The lowest BCUT2D eigenvalue weighted by atomic mass is 9.87. The highest BCUT2D eigenvalue weighted by atomic mass is 16.5. The van der Waals surface area contributed by atoms with Gasteiger partial charge in [0.2, 0.25) is 0 Å². The van der Waals surface area contributed by atoms with Crippen LogP contribution in [0.2, 0.25) is 0 Å². The molecule has 0 aromatic heterocycles. The van der Waals surface area contributed by atoms with E-state index in [0.29, 0.717) is 5.41 Å². The van der Waals surface area contributed by atoms with E-state index in [1.807, 2.05) is 0 Å². The Morgan fingerprint density at radius 3 is 2.81 bits per heavy atom. The number of nitrogens with one attached hydrogen (secondary N) is 1. The van der Waals surface area contributed by atoms with Crippen molar-refractivity contribution in [3.8, 4) is 0 Å². The number of guanidine groups is 1. The molecular weight excluding hydrogens is 324 g/mol. The lowest BCUT2D eigenvalue weighted by Gasteiger charge is -2.25. The van der Waals surface area contributed by atoms with E-state index in [2.05, 4.69) is 59.3 Å². The number of anilines is 1. The van der Waals surface area contributed by atoms with Crippen LogP contribution in [-0.2, 0) is 4.74 Å². The summed E-state index contributed by atoms with van der Waals surface area (Å²) < 4.78 is 5.66. The van der Waals surface area contributed by atoms with Gasteiger partial charge < -0.3 is 19.9 Å². The van der Waals surface area contributed by atoms with Gasteiger partial charge in [-0.15, -0.1) is 0 Å². The maximum atomic E-state index is 5.66. The van der Waals surface area contributed by atoms with Crippen LogP contribution in [0.15, 0.2) is 35.3 Å². The molecule has 1 spiro atoms. The van der Waals surface area contributed by atoms with Gasteiger partial charge in [-0.3, -0.25) is 4.99 Å². The summed E-state index contributed by atoms with van der Waals surface area (Å²) >= 11 is 0. The van der Waals surface area contributed by atoms with Gasteiger partial charge in [-0.1, -0.05) is 18.2 Å². The average molecular weight is 359 g/mol. The summed E-state index contributed by atoms with van der Waals surface area (Å²) in [4.78, 5) is 9.77. The topological polar surface area (TPSA) is 40.1 Å². The molecule has 1 aromatic rings. The van der Waals surface area contributed by atoms with Gasteiger partial charge in [0, 0.05) is 57.0 Å². The first-order valence-corrected chi connectivity index (χ1v) is 10.2. The summed E-state index contributed by atoms with van der Waals surface area (Å²) in [6.07, 6.45) is 3.50. The largest absolute Gasteiger partial charge is 0.381 e. The number of aliphatic imine (C=N–C) groups is 1. The summed E-state index contributed by atoms with van der Waals surface area (Å²) in [7, 11) is 0. The van der Waals surface area contributed by atoms with Crippen LogP contribution in [0.3, 0.4) is 0 Å². The van der Waals surface area contributed by atoms with Crippen molar-refractivity contribution < 1.29 is 4.74 Å². The summed E-state index contributed by atoms with van der Waals surface area (Å²) in [5.74, 6) is 1.08. The fourth-order valence-electron chi connectivity index (χ4n) is 4.07. The number of benzene rings is 1. The van der Waals surface area contributed by atoms with E-state index >= 15 is 0 Å². The summed E-state index contributed by atoms with van der Waals surface area (Å²) in [5.41, 5.74) is 1.68. The second-order valence-corrected chi connectivity index (χ2v) is 7.48. The Labute approximate surface area is 158 Å². The van der Waals surface area contributed by atoms with Gasteiger partial charge in [0.15, 0.2) is 5.96 Å². The molecule has 0 radical (unpaired) electrons. The molecule has 144 valence electrons. The van der Waals surface area contributed by atoms with E-state index in [0.717, 1.165) is 64.9 Å². The van der Waals surface area contributed by atoms with Crippen molar-refractivity contribution in [3.05, 3.63) is 30.3 Å². The van der Waals surface area contributed by atoms with Crippen LogP contribution in [0.25, 0.3) is 0 Å². The van der Waals surface area contributed by atoms with Crippen molar-refractivity contribution in [2.45, 2.75) is 33.1 Å². The molecule has 0 saturated carbocycles. The zero-order valence-electron chi connectivity index (χ0n) is 16.4. The van der Waals surface area contributed by atoms with Crippen molar-refractivity contribution in [1.82, 2.24) is 10.2 Å². The minimum atomic E-state index is 0.377. The monoisotopic (exact) mass is 358 g/mol. The molecule has 1 aromatic carbocycles. The maximum Gasteiger partial charge on any atom is 0.193 e. The molecule has 1 N–H and O–H groups in total. The summed E-state index contributed by atoms with van der Waals surface area (Å²) in [6, 6.07) is 10.7. The van der Waals surface area contributed by atoms with Crippen molar-refractivity contribution >= 4 is 11.6 Å². The van der Waals surface area contributed by atoms with Gasteiger partial charge in [0.05, 0.1) is 6.61 Å². The third-order valence-electron chi connectivity index (χ3n) is 5.61. The normalized spacial score (nSPS) is 23.0. The molecule has 2 aliphatic heterocycles. The van der Waals surface area contributed by atoms with Crippen LogP contribution < -0.4 is 10.2 Å². The minimum Gasteiger partial charge on any atom is -0.381 e. The Morgan fingerprint density at radius 1 is 1.27 bits per heavy atom. The standard InChI is InChI=1S/C21H34N4O/c1-3-22-20(25-15-11-21(17-25)12-16-26-18-21)23-13-8-14-24(4-2)19-9-6-5-7-10-19/h5-7,9-10H,3-4,8,11-18H2,1-2H3,(H,22,23). The van der Waals surface area contributed by atoms with Crippen LogP contribution in [0.1, 0.15) is 33.1 Å². The zero-order chi connectivity index (χ0) is 18.2. The van der Waals surface area contributed by atoms with E-state index in [-0.39, 0.29) is 0 Å². The van der Waals surface area contributed by atoms with E-state index in [1.165, 1.54) is 18.5 Å². The van der Waals surface area contributed by atoms with Gasteiger partial charge in [-0.05, 0) is 45.2 Å². The van der Waals surface area contributed by atoms with E-state index in [9.17, 15) is 0 Å². The number of para-hydroxylation sites is 1. The SMILES string of the molecule is CCNC(=NCCCN(CC)c1ccccc1)N1CCC2(CCOC2)C1. The second kappa shape index (κ2) is 9.26. The molecule has 0 amide bonds. The third-order valence-corrected chi connectivity index (χ3v) is 5.61. The van der Waals surface area contributed by atoms with Crippen LogP contribution in [0.4, 0.5) is 5.69 Å². The first-order chi connectivity index (χ1) is 12.8. The smallest absolute Gasteiger partial charge is 0.193 e. The molecule has 2 aliphatic rings. The van der Waals surface area contributed by atoms with Crippen LogP contribution >= 0.6 is 0 Å². The number of hydrogen-bond donors (Lipinski definition) is 1. The molecule has 0 bridgehead atoms. The first kappa shape index (κ1) is 19.0. The Hall–Kier alpha value is -1.75. The number of nitrogens with zero attached hydrogens (tertiary/aromatic N) is 3. The van der Waals surface area contributed by atoms with Crippen molar-refractivity contribution in [2.24, 2.45) is 10.4 Å². The molecule has 3 rings (SSSR count). The Bertz CT molecular complexity index is 569. The highest BCUT2D eigenvalue weighted by molar-refractivity contribution is 5.80. The number of rotatable bonds is 7. The summed E-state index contributed by atoms with van der Waals surface area (Å²) in [6.45, 7) is 12.3. The van der Waals surface area contributed by atoms with Gasteiger partial charge in [0.1, 0.15) is 0 Å². The average Bonchev–Trinajstić information content (AvgIpc) is 3.31. The lowest BCUT2D eigenvalue weighted by molar-refractivity contribution is 0.156. The van der Waals surface area contributed by atoms with Crippen molar-refractivity contribution in [2.75, 3.05) is 57.4 Å². The molecule has 5 heteroatoms. The lowest BCUT2D eigenvalue weighted by Crippen LogP contribution is -2.41. The fraction of sp³-hybridized carbons (Fsp3) is 0.667. The molecule has 1 atom stereocenters. The van der Waals surface area contributed by atoms with Gasteiger partial charge >= 0.3 is 0 Å². The van der Waals surface area contributed by atoms with Gasteiger partial charge in [-0.2, -0.15) is 0 Å². The van der Waals surface area contributed by atoms with Crippen molar-refractivity contribution in [1.29, 1.82) is 0 Å². The minimum absolute atomic E-state index is 0.377. The predicted molar refractivity (Wildman–Crippen MR) is 109 cm³/mol. The highest BCUT2D eigenvalue weighted by Gasteiger charge is 2.42. The quantitative estimate of drug-likeness (QED) is 0.462. The van der Waals surface area contributed by atoms with E-state index in [4.69, 9.17) is 9.73 Å². The molecule has 2 heterocycles. The van der Waals surface area contributed by atoms with Gasteiger partial charge in [0.25, 0.3) is 0 Å². The van der Waals surface area contributed by atoms with Crippen LogP contribution in [0.5, 0.6) is 0 Å². The molecule has 2 saturated heterocycles. The first-order valence-electron chi connectivity index (χ1n) is 10.2. The maximum absolute atomic E-state index is 5.66. The molecule has 5 nitrogen and oxygen atoms in total. The van der Waals surface area contributed by atoms with Crippen molar-refractivity contribution in [3.63, 3.8) is 0 Å². The highest BCUT2D eigenvalue weighted by Crippen LogP contribution is 2.38. The van der Waals surface area contributed by atoms with E-state index < -0.39 is 0 Å². The number of likely N-dealkylation sites (tertiary alicyclic amines) is 1. The number of ether oxygens (including phenoxy) is 1. The molecule has 1 unspecified atom stereocenters. The van der Waals surface area contributed by atoms with Crippen LogP contribution in [-0.4, -0.2) is 63.3 Å². The third kappa shape index (κ3) is 4.70. The predicted octanol–water partition coefficient (Wildman–Crippen LogP) is 2.98. The fourth-order valence-corrected chi connectivity index (χ4v) is 4.07. The van der Waals surface area contributed by atoms with E-state index in [1.54, 1.807) is 0 Å². The molecule has 26 heavy (non-hydrogen) atoms. The molecule has 2 fully saturated rings. The van der Waals surface area contributed by atoms with Crippen LogP contribution in [0, 0.1) is 5.41 Å².